The van der Waals surface area contributed by atoms with E-state index < -0.39 is 0 Å². The van der Waals surface area contributed by atoms with Gasteiger partial charge in [-0.2, -0.15) is 0 Å². The first kappa shape index (κ1) is 15.5. The van der Waals surface area contributed by atoms with Crippen molar-refractivity contribution in [3.63, 3.8) is 0 Å². The van der Waals surface area contributed by atoms with E-state index in [0.717, 1.165) is 5.69 Å². The van der Waals surface area contributed by atoms with Crippen molar-refractivity contribution < 1.29 is 9.59 Å². The zero-order chi connectivity index (χ0) is 15.4. The summed E-state index contributed by atoms with van der Waals surface area (Å²) in [7, 11) is 0. The van der Waals surface area contributed by atoms with Crippen molar-refractivity contribution in [2.45, 2.75) is 33.6 Å². The molecule has 1 aliphatic rings. The smallest absolute Gasteiger partial charge is 0.227 e. The number of hydrogen-bond donors (Lipinski definition) is 1. The Morgan fingerprint density at radius 2 is 2.00 bits per heavy atom. The van der Waals surface area contributed by atoms with Crippen molar-refractivity contribution in [3.05, 3.63) is 29.8 Å². The number of amides is 2. The normalized spacial score (nSPS) is 18.4. The minimum Gasteiger partial charge on any atom is -0.356 e. The number of anilines is 1. The Kier molecular flexibility index (Phi) is 4.99. The molecule has 0 radical (unpaired) electrons. The Hall–Kier alpha value is -1.84. The number of nitrogens with one attached hydrogen (secondary N) is 1. The number of carbonyl (C=O) groups excluding carboxylic acids is 2. The lowest BCUT2D eigenvalue weighted by Gasteiger charge is -2.17. The predicted octanol–water partition coefficient (Wildman–Crippen LogP) is 2.51. The van der Waals surface area contributed by atoms with Gasteiger partial charge < -0.3 is 10.2 Å². The third kappa shape index (κ3) is 4.31. The van der Waals surface area contributed by atoms with Crippen LogP contribution in [0.15, 0.2) is 24.3 Å². The molecule has 1 aliphatic heterocycles. The van der Waals surface area contributed by atoms with Crippen LogP contribution in [0.3, 0.4) is 0 Å². The average Bonchev–Trinajstić information content (AvgIpc) is 2.78. The first-order valence-corrected chi connectivity index (χ1v) is 7.59. The molecule has 114 valence electrons. The lowest BCUT2D eigenvalue weighted by atomic mass is 10.1. The van der Waals surface area contributed by atoms with E-state index >= 15 is 0 Å². The Labute approximate surface area is 126 Å². The van der Waals surface area contributed by atoms with E-state index in [4.69, 9.17) is 0 Å². The van der Waals surface area contributed by atoms with Crippen LogP contribution in [0, 0.1) is 18.8 Å². The Morgan fingerprint density at radius 3 is 2.62 bits per heavy atom. The molecule has 0 aliphatic carbocycles. The van der Waals surface area contributed by atoms with Crippen LogP contribution >= 0.6 is 0 Å². The summed E-state index contributed by atoms with van der Waals surface area (Å²) in [5, 5.41) is 2.94. The van der Waals surface area contributed by atoms with Gasteiger partial charge in [0.1, 0.15) is 0 Å². The predicted molar refractivity (Wildman–Crippen MR) is 84.1 cm³/mol. The van der Waals surface area contributed by atoms with Crippen LogP contribution in [0.5, 0.6) is 0 Å². The van der Waals surface area contributed by atoms with Crippen LogP contribution in [0.25, 0.3) is 0 Å². The monoisotopic (exact) mass is 288 g/mol. The van der Waals surface area contributed by atoms with E-state index in [1.807, 2.05) is 49.9 Å². The highest BCUT2D eigenvalue weighted by atomic mass is 16.2. The van der Waals surface area contributed by atoms with E-state index in [1.54, 1.807) is 0 Å². The summed E-state index contributed by atoms with van der Waals surface area (Å²) >= 11 is 0. The van der Waals surface area contributed by atoms with Crippen molar-refractivity contribution >= 4 is 17.5 Å². The van der Waals surface area contributed by atoms with Gasteiger partial charge in [-0.05, 0) is 25.0 Å². The van der Waals surface area contributed by atoms with Gasteiger partial charge >= 0.3 is 0 Å². The highest BCUT2D eigenvalue weighted by Crippen LogP contribution is 2.24. The van der Waals surface area contributed by atoms with Crippen LogP contribution in [-0.2, 0) is 9.59 Å². The highest BCUT2D eigenvalue weighted by molar-refractivity contribution is 5.95. The molecular formula is C17H24N2O2. The first-order chi connectivity index (χ1) is 9.95. The quantitative estimate of drug-likeness (QED) is 0.905. The molecule has 1 saturated heterocycles. The summed E-state index contributed by atoms with van der Waals surface area (Å²) in [6.07, 6.45) is 1.05. The Bertz CT molecular complexity index is 508. The number of nitrogens with zero attached hydrogens (tertiary/aromatic N) is 1. The van der Waals surface area contributed by atoms with E-state index in [9.17, 15) is 9.59 Å². The van der Waals surface area contributed by atoms with Crippen molar-refractivity contribution in [2.24, 2.45) is 11.8 Å². The molecule has 1 fully saturated rings. The van der Waals surface area contributed by atoms with Crippen LogP contribution in [0.4, 0.5) is 5.69 Å². The summed E-state index contributed by atoms with van der Waals surface area (Å²) in [5.41, 5.74) is 2.13. The first-order valence-electron chi connectivity index (χ1n) is 7.59. The Balaban J connectivity index is 1.88. The van der Waals surface area contributed by atoms with Gasteiger partial charge in [-0.1, -0.05) is 31.5 Å². The maximum absolute atomic E-state index is 12.1. The van der Waals surface area contributed by atoms with Crippen LogP contribution in [0.1, 0.15) is 32.3 Å². The zero-order valence-corrected chi connectivity index (χ0v) is 13.1. The lowest BCUT2D eigenvalue weighted by Crippen LogP contribution is -2.31. The maximum Gasteiger partial charge on any atom is 0.227 e. The van der Waals surface area contributed by atoms with E-state index in [-0.39, 0.29) is 17.7 Å². The van der Waals surface area contributed by atoms with Crippen molar-refractivity contribution in [1.82, 2.24) is 5.32 Å². The highest BCUT2D eigenvalue weighted by Gasteiger charge is 2.30. The van der Waals surface area contributed by atoms with Gasteiger partial charge in [0.05, 0.1) is 0 Å². The van der Waals surface area contributed by atoms with Crippen LogP contribution in [0.2, 0.25) is 0 Å². The van der Waals surface area contributed by atoms with Crippen LogP contribution in [-0.4, -0.2) is 24.9 Å². The largest absolute Gasteiger partial charge is 0.356 e. The summed E-state index contributed by atoms with van der Waals surface area (Å²) in [6, 6.07) is 7.99. The molecule has 4 heteroatoms. The number of hydrogen-bond acceptors (Lipinski definition) is 2. The molecule has 0 saturated carbocycles. The number of carbonyl (C=O) groups is 2. The van der Waals surface area contributed by atoms with Gasteiger partial charge in [-0.15, -0.1) is 0 Å². The molecule has 2 rings (SSSR count). The van der Waals surface area contributed by atoms with E-state index in [2.05, 4.69) is 5.32 Å². The van der Waals surface area contributed by atoms with Gasteiger partial charge in [0, 0.05) is 37.5 Å². The SMILES string of the molecule is Cc1ccc(N2CC(CNC(=O)CC(C)C)CC2=O)cc1. The topological polar surface area (TPSA) is 49.4 Å². The fourth-order valence-corrected chi connectivity index (χ4v) is 2.59. The molecule has 21 heavy (non-hydrogen) atoms. The molecule has 1 aromatic carbocycles. The van der Waals surface area contributed by atoms with Crippen molar-refractivity contribution in [1.29, 1.82) is 0 Å². The molecule has 0 aromatic heterocycles. The molecule has 1 aromatic rings. The van der Waals surface area contributed by atoms with Gasteiger partial charge in [0.15, 0.2) is 0 Å². The van der Waals surface area contributed by atoms with Crippen molar-refractivity contribution in [3.8, 4) is 0 Å². The second-order valence-electron chi connectivity index (χ2n) is 6.31. The number of aryl methyl sites for hydroxylation is 1. The maximum atomic E-state index is 12.1. The van der Waals surface area contributed by atoms with Crippen LogP contribution < -0.4 is 10.2 Å². The van der Waals surface area contributed by atoms with Crippen molar-refractivity contribution in [2.75, 3.05) is 18.0 Å². The lowest BCUT2D eigenvalue weighted by molar-refractivity contribution is -0.122. The molecule has 1 N–H and O–H groups in total. The van der Waals surface area contributed by atoms with Gasteiger partial charge in [0.25, 0.3) is 0 Å². The van der Waals surface area contributed by atoms with Gasteiger partial charge in [-0.25, -0.2) is 0 Å². The molecule has 1 heterocycles. The summed E-state index contributed by atoms with van der Waals surface area (Å²) in [4.78, 5) is 25.6. The summed E-state index contributed by atoms with van der Waals surface area (Å²) in [6.45, 7) is 7.35. The Morgan fingerprint density at radius 1 is 1.33 bits per heavy atom. The minimum atomic E-state index is 0.0752. The van der Waals surface area contributed by atoms with E-state index in [1.165, 1.54) is 5.56 Å². The molecule has 2 amide bonds. The molecule has 0 spiro atoms. The number of benzene rings is 1. The average molecular weight is 288 g/mol. The molecule has 4 nitrogen and oxygen atoms in total. The van der Waals surface area contributed by atoms with E-state index in [0.29, 0.717) is 31.8 Å². The fraction of sp³-hybridized carbons (Fsp3) is 0.529. The van der Waals surface area contributed by atoms with Gasteiger partial charge in [0.2, 0.25) is 11.8 Å². The third-order valence-electron chi connectivity index (χ3n) is 3.73. The van der Waals surface area contributed by atoms with Gasteiger partial charge in [-0.3, -0.25) is 9.59 Å². The molecule has 1 unspecified atom stereocenters. The molecule has 1 atom stereocenters. The zero-order valence-electron chi connectivity index (χ0n) is 13.1. The third-order valence-corrected chi connectivity index (χ3v) is 3.73. The standard InChI is InChI=1S/C17H24N2O2/c1-12(2)8-16(20)18-10-14-9-17(21)19(11-14)15-6-4-13(3)5-7-15/h4-7,12,14H,8-11H2,1-3H3,(H,18,20). The minimum absolute atomic E-state index is 0.0752. The molecular weight excluding hydrogens is 264 g/mol. The summed E-state index contributed by atoms with van der Waals surface area (Å²) in [5.74, 6) is 0.780. The second-order valence-corrected chi connectivity index (χ2v) is 6.31. The fourth-order valence-electron chi connectivity index (χ4n) is 2.59. The molecule has 0 bridgehead atoms. The second kappa shape index (κ2) is 6.74. The number of rotatable bonds is 5. The summed E-state index contributed by atoms with van der Waals surface area (Å²) < 4.78 is 0.